The van der Waals surface area contributed by atoms with Crippen LogP contribution in [0.25, 0.3) is 0 Å². The summed E-state index contributed by atoms with van der Waals surface area (Å²) in [4.78, 5) is 2.01. The molecular weight excluding hydrogens is 181 g/mol. The van der Waals surface area contributed by atoms with Crippen LogP contribution in [0.15, 0.2) is 24.3 Å². The molecule has 0 radical (unpaired) electrons. The lowest BCUT2D eigenvalue weighted by molar-refractivity contribution is 0.154. The van der Waals surface area contributed by atoms with Gasteiger partial charge in [-0.2, -0.15) is 0 Å². The van der Waals surface area contributed by atoms with Gasteiger partial charge in [0.2, 0.25) is 0 Å². The van der Waals surface area contributed by atoms with Gasteiger partial charge in [-0.05, 0) is 38.2 Å². The van der Waals surface area contributed by atoms with Crippen LogP contribution in [-0.2, 0) is 0 Å². The second-order valence-corrected chi connectivity index (χ2v) is 3.66. The quantitative estimate of drug-likeness (QED) is 0.795. The standard InChI is InChI=1S/C11H16FNO/c1-13(2)8-7-11(14)9-3-5-10(12)6-4-9/h3-6,11,14H,7-8H2,1-2H3. The Balaban J connectivity index is 2.52. The molecule has 0 spiro atoms. The minimum atomic E-state index is -0.502. The third kappa shape index (κ3) is 3.44. The van der Waals surface area contributed by atoms with E-state index in [0.29, 0.717) is 6.42 Å². The highest BCUT2D eigenvalue weighted by atomic mass is 19.1. The van der Waals surface area contributed by atoms with Crippen LogP contribution in [0.1, 0.15) is 18.1 Å². The Morgan fingerprint density at radius 1 is 1.29 bits per heavy atom. The van der Waals surface area contributed by atoms with Gasteiger partial charge in [-0.15, -0.1) is 0 Å². The van der Waals surface area contributed by atoms with E-state index in [0.717, 1.165) is 12.1 Å². The van der Waals surface area contributed by atoms with Gasteiger partial charge >= 0.3 is 0 Å². The van der Waals surface area contributed by atoms with Crippen molar-refractivity contribution in [1.29, 1.82) is 0 Å². The van der Waals surface area contributed by atoms with Gasteiger partial charge in [0.15, 0.2) is 0 Å². The van der Waals surface area contributed by atoms with Crippen LogP contribution in [0.5, 0.6) is 0 Å². The zero-order valence-corrected chi connectivity index (χ0v) is 8.57. The van der Waals surface area contributed by atoms with Crippen LogP contribution >= 0.6 is 0 Å². The third-order valence-corrected chi connectivity index (χ3v) is 2.10. The Kier molecular flexibility index (Phi) is 4.04. The largest absolute Gasteiger partial charge is 0.388 e. The first-order chi connectivity index (χ1) is 6.59. The average molecular weight is 197 g/mol. The normalized spacial score (nSPS) is 13.2. The van der Waals surface area contributed by atoms with Crippen molar-refractivity contribution in [3.05, 3.63) is 35.6 Å². The van der Waals surface area contributed by atoms with E-state index in [4.69, 9.17) is 0 Å². The zero-order chi connectivity index (χ0) is 10.6. The molecule has 1 N–H and O–H groups in total. The first kappa shape index (κ1) is 11.1. The molecule has 0 fully saturated rings. The molecule has 1 aromatic rings. The van der Waals surface area contributed by atoms with E-state index in [1.807, 2.05) is 19.0 Å². The Labute approximate surface area is 84.0 Å². The highest BCUT2D eigenvalue weighted by Gasteiger charge is 2.07. The zero-order valence-electron chi connectivity index (χ0n) is 8.57. The summed E-state index contributed by atoms with van der Waals surface area (Å²) in [5.41, 5.74) is 0.772. The maximum atomic E-state index is 12.6. The highest BCUT2D eigenvalue weighted by molar-refractivity contribution is 5.18. The number of aliphatic hydroxyl groups is 1. The lowest BCUT2D eigenvalue weighted by atomic mass is 10.1. The molecule has 0 aliphatic rings. The monoisotopic (exact) mass is 197 g/mol. The second kappa shape index (κ2) is 5.08. The fourth-order valence-corrected chi connectivity index (χ4v) is 1.23. The summed E-state index contributed by atoms with van der Waals surface area (Å²) < 4.78 is 12.6. The molecule has 0 aromatic heterocycles. The van der Waals surface area contributed by atoms with Crippen LogP contribution in [-0.4, -0.2) is 30.6 Å². The van der Waals surface area contributed by atoms with Crippen molar-refractivity contribution >= 4 is 0 Å². The van der Waals surface area contributed by atoms with Gasteiger partial charge in [0.1, 0.15) is 5.82 Å². The summed E-state index contributed by atoms with van der Waals surface area (Å²) in [6, 6.07) is 5.98. The fourth-order valence-electron chi connectivity index (χ4n) is 1.23. The lowest BCUT2D eigenvalue weighted by Crippen LogP contribution is -2.15. The molecule has 0 bridgehead atoms. The molecular formula is C11H16FNO. The van der Waals surface area contributed by atoms with E-state index in [1.165, 1.54) is 12.1 Å². The van der Waals surface area contributed by atoms with E-state index in [9.17, 15) is 9.50 Å². The molecule has 1 aromatic carbocycles. The number of hydrogen-bond acceptors (Lipinski definition) is 2. The van der Waals surface area contributed by atoms with Crippen LogP contribution < -0.4 is 0 Å². The van der Waals surface area contributed by atoms with Gasteiger partial charge in [-0.1, -0.05) is 12.1 Å². The van der Waals surface area contributed by atoms with Gasteiger partial charge < -0.3 is 10.0 Å². The minimum absolute atomic E-state index is 0.270. The predicted molar refractivity (Wildman–Crippen MR) is 54.5 cm³/mol. The van der Waals surface area contributed by atoms with Crippen LogP contribution in [0, 0.1) is 5.82 Å². The topological polar surface area (TPSA) is 23.5 Å². The van der Waals surface area contributed by atoms with E-state index >= 15 is 0 Å². The van der Waals surface area contributed by atoms with Crippen LogP contribution in [0.3, 0.4) is 0 Å². The van der Waals surface area contributed by atoms with Crippen molar-refractivity contribution in [2.45, 2.75) is 12.5 Å². The molecule has 1 atom stereocenters. The predicted octanol–water partition coefficient (Wildman–Crippen LogP) is 1.81. The molecule has 1 unspecified atom stereocenters. The SMILES string of the molecule is CN(C)CCC(O)c1ccc(F)cc1. The van der Waals surface area contributed by atoms with E-state index in [1.54, 1.807) is 12.1 Å². The highest BCUT2D eigenvalue weighted by Crippen LogP contribution is 2.16. The smallest absolute Gasteiger partial charge is 0.123 e. The first-order valence-electron chi connectivity index (χ1n) is 4.68. The van der Waals surface area contributed by atoms with E-state index < -0.39 is 6.10 Å². The molecule has 0 aliphatic heterocycles. The van der Waals surface area contributed by atoms with Crippen molar-refractivity contribution in [2.75, 3.05) is 20.6 Å². The van der Waals surface area contributed by atoms with Gasteiger partial charge in [-0.3, -0.25) is 0 Å². The van der Waals surface area contributed by atoms with Crippen molar-refractivity contribution in [1.82, 2.24) is 4.90 Å². The van der Waals surface area contributed by atoms with E-state index in [2.05, 4.69) is 0 Å². The summed E-state index contributed by atoms with van der Waals surface area (Å²) in [6.07, 6.45) is 0.163. The molecule has 3 heteroatoms. The molecule has 14 heavy (non-hydrogen) atoms. The maximum Gasteiger partial charge on any atom is 0.123 e. The van der Waals surface area contributed by atoms with E-state index in [-0.39, 0.29) is 5.82 Å². The molecule has 1 rings (SSSR count). The molecule has 78 valence electrons. The summed E-state index contributed by atoms with van der Waals surface area (Å²) in [7, 11) is 3.91. The van der Waals surface area contributed by atoms with Crippen molar-refractivity contribution < 1.29 is 9.50 Å². The summed E-state index contributed by atoms with van der Waals surface area (Å²) in [5.74, 6) is -0.270. The molecule has 0 aliphatic carbocycles. The summed E-state index contributed by atoms with van der Waals surface area (Å²) in [6.45, 7) is 0.818. The van der Waals surface area contributed by atoms with Crippen molar-refractivity contribution in [2.24, 2.45) is 0 Å². The minimum Gasteiger partial charge on any atom is -0.388 e. The van der Waals surface area contributed by atoms with Crippen LogP contribution in [0.2, 0.25) is 0 Å². The number of nitrogens with zero attached hydrogens (tertiary/aromatic N) is 1. The molecule has 0 amide bonds. The maximum absolute atomic E-state index is 12.6. The van der Waals surface area contributed by atoms with Gasteiger partial charge in [0, 0.05) is 6.54 Å². The van der Waals surface area contributed by atoms with Gasteiger partial charge in [0.25, 0.3) is 0 Å². The van der Waals surface area contributed by atoms with Crippen LogP contribution in [0.4, 0.5) is 4.39 Å². The Hall–Kier alpha value is -0.930. The van der Waals surface area contributed by atoms with Gasteiger partial charge in [-0.25, -0.2) is 4.39 Å². The first-order valence-corrected chi connectivity index (χ1v) is 4.68. The fraction of sp³-hybridized carbons (Fsp3) is 0.455. The Morgan fingerprint density at radius 3 is 2.36 bits per heavy atom. The Morgan fingerprint density at radius 2 is 1.86 bits per heavy atom. The molecule has 2 nitrogen and oxygen atoms in total. The number of aliphatic hydroxyl groups excluding tert-OH is 1. The van der Waals surface area contributed by atoms with Crippen molar-refractivity contribution in [3.63, 3.8) is 0 Å². The summed E-state index contributed by atoms with van der Waals surface area (Å²) in [5, 5.41) is 9.71. The summed E-state index contributed by atoms with van der Waals surface area (Å²) >= 11 is 0. The molecule has 0 saturated carbocycles. The average Bonchev–Trinajstić information content (AvgIpc) is 2.15. The Bertz CT molecular complexity index is 271. The van der Waals surface area contributed by atoms with Crippen molar-refractivity contribution in [3.8, 4) is 0 Å². The molecule has 0 saturated heterocycles. The third-order valence-electron chi connectivity index (χ3n) is 2.10. The van der Waals surface area contributed by atoms with Gasteiger partial charge in [0.05, 0.1) is 6.10 Å². The number of rotatable bonds is 4. The number of benzene rings is 1. The number of halogens is 1. The number of hydrogen-bond donors (Lipinski definition) is 1. The molecule has 0 heterocycles. The second-order valence-electron chi connectivity index (χ2n) is 3.66. The lowest BCUT2D eigenvalue weighted by Gasteiger charge is -2.14.